The van der Waals surface area contributed by atoms with Crippen LogP contribution in [0.1, 0.15) is 19.8 Å². The summed E-state index contributed by atoms with van der Waals surface area (Å²) in [5.74, 6) is -0.0583. The van der Waals surface area contributed by atoms with Gasteiger partial charge in [-0.3, -0.25) is 9.59 Å². The molecule has 1 unspecified atom stereocenters. The van der Waals surface area contributed by atoms with Crippen LogP contribution in [0.25, 0.3) is 0 Å². The standard InChI is InChI=1S/C13H16N2O2/c1-2-15(10-6-4-3-5-7-10)13(17)11-8-9-12(16)14-11/h3-7,11H,2,8-9H2,1H3,(H,14,16). The van der Waals surface area contributed by atoms with Gasteiger partial charge in [-0.25, -0.2) is 0 Å². The van der Waals surface area contributed by atoms with Crippen molar-refractivity contribution in [1.82, 2.24) is 5.32 Å². The van der Waals surface area contributed by atoms with E-state index in [9.17, 15) is 9.59 Å². The Morgan fingerprint density at radius 2 is 2.12 bits per heavy atom. The number of anilines is 1. The van der Waals surface area contributed by atoms with Gasteiger partial charge in [0.1, 0.15) is 6.04 Å². The van der Waals surface area contributed by atoms with Gasteiger partial charge in [-0.2, -0.15) is 0 Å². The largest absolute Gasteiger partial charge is 0.344 e. The average Bonchev–Trinajstić information content (AvgIpc) is 2.78. The summed E-state index contributed by atoms with van der Waals surface area (Å²) in [6, 6.07) is 9.16. The van der Waals surface area contributed by atoms with Crippen molar-refractivity contribution in [2.75, 3.05) is 11.4 Å². The Morgan fingerprint density at radius 1 is 1.41 bits per heavy atom. The van der Waals surface area contributed by atoms with E-state index in [1.165, 1.54) is 0 Å². The molecule has 1 heterocycles. The van der Waals surface area contributed by atoms with E-state index < -0.39 is 0 Å². The molecule has 1 aliphatic heterocycles. The van der Waals surface area contributed by atoms with Crippen LogP contribution in [0.4, 0.5) is 5.69 Å². The van der Waals surface area contributed by atoms with E-state index in [0.29, 0.717) is 19.4 Å². The predicted molar refractivity (Wildman–Crippen MR) is 65.6 cm³/mol. The number of nitrogens with zero attached hydrogens (tertiary/aromatic N) is 1. The molecular weight excluding hydrogens is 216 g/mol. The third kappa shape index (κ3) is 2.46. The third-order valence-electron chi connectivity index (χ3n) is 2.94. The van der Waals surface area contributed by atoms with Crippen LogP contribution in [0.5, 0.6) is 0 Å². The zero-order valence-corrected chi connectivity index (χ0v) is 9.85. The number of likely N-dealkylation sites (N-methyl/N-ethyl adjacent to an activating group) is 1. The Labute approximate surface area is 101 Å². The van der Waals surface area contributed by atoms with Gasteiger partial charge in [0.25, 0.3) is 0 Å². The number of carbonyl (C=O) groups is 2. The molecule has 1 aromatic rings. The van der Waals surface area contributed by atoms with Gasteiger partial charge >= 0.3 is 0 Å². The van der Waals surface area contributed by atoms with Gasteiger partial charge in [-0.1, -0.05) is 18.2 Å². The van der Waals surface area contributed by atoms with Crippen LogP contribution in [0, 0.1) is 0 Å². The summed E-state index contributed by atoms with van der Waals surface area (Å²) in [4.78, 5) is 25.1. The minimum atomic E-state index is -0.359. The molecule has 1 saturated heterocycles. The van der Waals surface area contributed by atoms with Crippen molar-refractivity contribution in [3.05, 3.63) is 30.3 Å². The first kappa shape index (κ1) is 11.6. The molecule has 0 aromatic heterocycles. The lowest BCUT2D eigenvalue weighted by Crippen LogP contribution is -2.44. The number of rotatable bonds is 3. The smallest absolute Gasteiger partial charge is 0.249 e. The molecule has 0 aliphatic carbocycles. The predicted octanol–water partition coefficient (Wildman–Crippen LogP) is 1.32. The molecule has 1 N–H and O–H groups in total. The fourth-order valence-electron chi connectivity index (χ4n) is 2.06. The van der Waals surface area contributed by atoms with Crippen molar-refractivity contribution in [3.8, 4) is 0 Å². The quantitative estimate of drug-likeness (QED) is 0.854. The molecule has 1 fully saturated rings. The molecule has 1 aliphatic rings. The minimum Gasteiger partial charge on any atom is -0.344 e. The molecule has 0 saturated carbocycles. The number of para-hydroxylation sites is 1. The second-order valence-electron chi connectivity index (χ2n) is 4.08. The highest BCUT2D eigenvalue weighted by Crippen LogP contribution is 2.17. The summed E-state index contributed by atoms with van der Waals surface area (Å²) in [5, 5.41) is 2.71. The molecule has 90 valence electrons. The van der Waals surface area contributed by atoms with E-state index in [-0.39, 0.29) is 17.9 Å². The van der Waals surface area contributed by atoms with E-state index in [1.54, 1.807) is 4.90 Å². The van der Waals surface area contributed by atoms with Crippen LogP contribution in [0.3, 0.4) is 0 Å². The number of benzene rings is 1. The summed E-state index contributed by atoms with van der Waals surface area (Å²) >= 11 is 0. The fourth-order valence-corrected chi connectivity index (χ4v) is 2.06. The molecule has 4 nitrogen and oxygen atoms in total. The van der Waals surface area contributed by atoms with Gasteiger partial charge in [-0.15, -0.1) is 0 Å². The van der Waals surface area contributed by atoms with Crippen molar-refractivity contribution in [2.24, 2.45) is 0 Å². The first-order valence-corrected chi connectivity index (χ1v) is 5.88. The molecule has 1 atom stereocenters. The Morgan fingerprint density at radius 3 is 2.65 bits per heavy atom. The highest BCUT2D eigenvalue weighted by atomic mass is 16.2. The van der Waals surface area contributed by atoms with Crippen LogP contribution in [0.2, 0.25) is 0 Å². The molecular formula is C13H16N2O2. The van der Waals surface area contributed by atoms with Gasteiger partial charge in [0.2, 0.25) is 11.8 Å². The zero-order valence-electron chi connectivity index (χ0n) is 9.85. The number of carbonyl (C=O) groups excluding carboxylic acids is 2. The zero-order chi connectivity index (χ0) is 12.3. The summed E-state index contributed by atoms with van der Waals surface area (Å²) in [6.45, 7) is 2.54. The van der Waals surface area contributed by atoms with Gasteiger partial charge in [0.05, 0.1) is 0 Å². The Kier molecular flexibility index (Phi) is 3.42. The lowest BCUT2D eigenvalue weighted by atomic mass is 10.2. The summed E-state index contributed by atoms with van der Waals surface area (Å²) in [6.07, 6.45) is 1.05. The Hall–Kier alpha value is -1.84. The number of amides is 2. The van der Waals surface area contributed by atoms with Crippen molar-refractivity contribution in [3.63, 3.8) is 0 Å². The van der Waals surface area contributed by atoms with Gasteiger partial charge in [0.15, 0.2) is 0 Å². The van der Waals surface area contributed by atoms with E-state index in [2.05, 4.69) is 5.32 Å². The summed E-state index contributed by atoms with van der Waals surface area (Å²) < 4.78 is 0. The van der Waals surface area contributed by atoms with Crippen LogP contribution in [-0.4, -0.2) is 24.4 Å². The number of hydrogen-bond acceptors (Lipinski definition) is 2. The van der Waals surface area contributed by atoms with Crippen molar-refractivity contribution in [2.45, 2.75) is 25.8 Å². The van der Waals surface area contributed by atoms with Crippen LogP contribution >= 0.6 is 0 Å². The first-order valence-electron chi connectivity index (χ1n) is 5.88. The topological polar surface area (TPSA) is 49.4 Å². The molecule has 1 aromatic carbocycles. The van der Waals surface area contributed by atoms with Crippen molar-refractivity contribution < 1.29 is 9.59 Å². The highest BCUT2D eigenvalue weighted by Gasteiger charge is 2.30. The Balaban J connectivity index is 2.14. The molecule has 17 heavy (non-hydrogen) atoms. The average molecular weight is 232 g/mol. The van der Waals surface area contributed by atoms with Gasteiger partial charge in [0, 0.05) is 18.7 Å². The second-order valence-corrected chi connectivity index (χ2v) is 4.08. The van der Waals surface area contributed by atoms with E-state index in [1.807, 2.05) is 37.3 Å². The fraction of sp³-hybridized carbons (Fsp3) is 0.385. The molecule has 4 heteroatoms. The van der Waals surface area contributed by atoms with Crippen molar-refractivity contribution in [1.29, 1.82) is 0 Å². The normalized spacial score (nSPS) is 18.9. The SMILES string of the molecule is CCN(C(=O)C1CCC(=O)N1)c1ccccc1. The van der Waals surface area contributed by atoms with Crippen molar-refractivity contribution >= 4 is 17.5 Å². The monoisotopic (exact) mass is 232 g/mol. The molecule has 0 radical (unpaired) electrons. The Bertz CT molecular complexity index is 417. The van der Waals surface area contributed by atoms with Gasteiger partial charge in [-0.05, 0) is 25.5 Å². The minimum absolute atomic E-state index is 0.0236. The van der Waals surface area contributed by atoms with E-state index in [0.717, 1.165) is 5.69 Å². The number of nitrogens with one attached hydrogen (secondary N) is 1. The maximum atomic E-state index is 12.2. The van der Waals surface area contributed by atoms with Crippen LogP contribution in [-0.2, 0) is 9.59 Å². The highest BCUT2D eigenvalue weighted by molar-refractivity contribution is 6.00. The molecule has 0 spiro atoms. The molecule has 2 amide bonds. The maximum absolute atomic E-state index is 12.2. The lowest BCUT2D eigenvalue weighted by Gasteiger charge is -2.24. The van der Waals surface area contributed by atoms with Crippen LogP contribution < -0.4 is 10.2 Å². The summed E-state index contributed by atoms with van der Waals surface area (Å²) in [5.41, 5.74) is 0.876. The van der Waals surface area contributed by atoms with Crippen LogP contribution in [0.15, 0.2) is 30.3 Å². The third-order valence-corrected chi connectivity index (χ3v) is 2.94. The molecule has 2 rings (SSSR count). The summed E-state index contributed by atoms with van der Waals surface area (Å²) in [7, 11) is 0. The van der Waals surface area contributed by atoms with Gasteiger partial charge < -0.3 is 10.2 Å². The van der Waals surface area contributed by atoms with E-state index >= 15 is 0 Å². The molecule has 0 bridgehead atoms. The number of hydrogen-bond donors (Lipinski definition) is 1. The second kappa shape index (κ2) is 4.99. The maximum Gasteiger partial charge on any atom is 0.249 e. The lowest BCUT2D eigenvalue weighted by molar-refractivity contribution is -0.124. The first-order chi connectivity index (χ1) is 8.22. The van der Waals surface area contributed by atoms with E-state index in [4.69, 9.17) is 0 Å².